The summed E-state index contributed by atoms with van der Waals surface area (Å²) in [7, 11) is 1.80. The topological polar surface area (TPSA) is 64.2 Å². The first-order valence-corrected chi connectivity index (χ1v) is 7.16. The maximum atomic E-state index is 12.5. The van der Waals surface area contributed by atoms with Crippen LogP contribution in [0, 0.1) is 0 Å². The van der Waals surface area contributed by atoms with Gasteiger partial charge in [0.05, 0.1) is 6.20 Å². The Kier molecular flexibility index (Phi) is 4.98. The summed E-state index contributed by atoms with van der Waals surface area (Å²) < 4.78 is 1.63. The number of halogens is 1. The third-order valence-corrected chi connectivity index (χ3v) is 3.54. The largest absolute Gasteiger partial charge is 0.337 e. The molecule has 0 fully saturated rings. The lowest BCUT2D eigenvalue weighted by atomic mass is 10.1. The average Bonchev–Trinajstić information content (AvgIpc) is 2.90. The third kappa shape index (κ3) is 3.83. The van der Waals surface area contributed by atoms with Crippen molar-refractivity contribution < 1.29 is 4.79 Å². The predicted octanol–water partition coefficient (Wildman–Crippen LogP) is 2.12. The fourth-order valence-corrected chi connectivity index (χ4v) is 2.35. The number of nitrogens with zero attached hydrogens (tertiary/aromatic N) is 3. The van der Waals surface area contributed by atoms with E-state index in [9.17, 15) is 4.79 Å². The Hall–Kier alpha value is -1.85. The van der Waals surface area contributed by atoms with Crippen molar-refractivity contribution in [3.8, 4) is 0 Å². The number of hydrogen-bond donors (Lipinski definition) is 1. The van der Waals surface area contributed by atoms with Crippen LogP contribution in [-0.2, 0) is 18.4 Å². The molecule has 2 N–H and O–H groups in total. The first-order valence-electron chi connectivity index (χ1n) is 6.78. The van der Waals surface area contributed by atoms with Crippen LogP contribution in [0.3, 0.4) is 0 Å². The number of aryl methyl sites for hydroxylation is 1. The summed E-state index contributed by atoms with van der Waals surface area (Å²) in [6.07, 6.45) is 3.38. The number of hydrogen-bond acceptors (Lipinski definition) is 3. The van der Waals surface area contributed by atoms with E-state index in [1.807, 2.05) is 31.2 Å². The molecule has 21 heavy (non-hydrogen) atoms. The fourth-order valence-electron chi connectivity index (χ4n) is 2.14. The van der Waals surface area contributed by atoms with E-state index in [1.54, 1.807) is 29.0 Å². The Morgan fingerprint density at radius 3 is 2.86 bits per heavy atom. The normalized spacial score (nSPS) is 12.2. The molecule has 1 amide bonds. The molecule has 5 nitrogen and oxygen atoms in total. The van der Waals surface area contributed by atoms with Crippen LogP contribution in [0.15, 0.2) is 36.7 Å². The first-order chi connectivity index (χ1) is 10.0. The first kappa shape index (κ1) is 15.5. The number of carbonyl (C=O) groups excluding carboxylic acids is 1. The molecule has 112 valence electrons. The van der Waals surface area contributed by atoms with Gasteiger partial charge in [-0.3, -0.25) is 9.48 Å². The van der Waals surface area contributed by atoms with Gasteiger partial charge in [-0.1, -0.05) is 23.7 Å². The number of carbonyl (C=O) groups is 1. The van der Waals surface area contributed by atoms with E-state index < -0.39 is 6.04 Å². The summed E-state index contributed by atoms with van der Waals surface area (Å²) in [4.78, 5) is 14.2. The minimum Gasteiger partial charge on any atom is -0.337 e. The van der Waals surface area contributed by atoms with E-state index >= 15 is 0 Å². The molecular formula is C15H19ClN4O. The van der Waals surface area contributed by atoms with Gasteiger partial charge in [-0.2, -0.15) is 5.10 Å². The molecule has 0 aliphatic rings. The minimum atomic E-state index is -0.696. The van der Waals surface area contributed by atoms with Crippen LogP contribution in [0.25, 0.3) is 0 Å². The lowest BCUT2D eigenvalue weighted by Gasteiger charge is -2.24. The van der Waals surface area contributed by atoms with Crippen LogP contribution in [0.2, 0.25) is 5.02 Å². The molecule has 6 heteroatoms. The van der Waals surface area contributed by atoms with Crippen LogP contribution in [-0.4, -0.2) is 27.1 Å². The smallest absolute Gasteiger partial charge is 0.244 e. The second kappa shape index (κ2) is 6.74. The van der Waals surface area contributed by atoms with E-state index in [0.29, 0.717) is 23.7 Å². The maximum absolute atomic E-state index is 12.5. The Bertz CT molecular complexity index is 626. The van der Waals surface area contributed by atoms with Crippen molar-refractivity contribution >= 4 is 17.5 Å². The Morgan fingerprint density at radius 1 is 1.52 bits per heavy atom. The van der Waals surface area contributed by atoms with Gasteiger partial charge < -0.3 is 10.6 Å². The molecule has 0 spiro atoms. The number of nitrogens with two attached hydrogens (primary N) is 1. The molecule has 1 unspecified atom stereocenters. The zero-order valence-electron chi connectivity index (χ0n) is 12.2. The van der Waals surface area contributed by atoms with Gasteiger partial charge in [0.2, 0.25) is 5.91 Å². The van der Waals surface area contributed by atoms with E-state index in [1.165, 1.54) is 0 Å². The molecule has 0 radical (unpaired) electrons. The highest BCUT2D eigenvalue weighted by atomic mass is 35.5. The Balaban J connectivity index is 2.11. The fraction of sp³-hybridized carbons (Fsp3) is 0.333. The molecule has 0 saturated heterocycles. The third-order valence-electron chi connectivity index (χ3n) is 3.31. The Labute approximate surface area is 129 Å². The monoisotopic (exact) mass is 306 g/mol. The zero-order chi connectivity index (χ0) is 15.4. The molecule has 1 heterocycles. The summed E-state index contributed by atoms with van der Waals surface area (Å²) in [5.74, 6) is -0.120. The SMILES string of the molecule is CCN(Cc1cccc(Cl)c1)C(=O)C(N)c1cnn(C)c1. The van der Waals surface area contributed by atoms with Crippen LogP contribution < -0.4 is 5.73 Å². The van der Waals surface area contributed by atoms with Gasteiger partial charge in [-0.25, -0.2) is 0 Å². The number of benzene rings is 1. The molecule has 0 aliphatic carbocycles. The highest BCUT2D eigenvalue weighted by Gasteiger charge is 2.22. The van der Waals surface area contributed by atoms with Crippen molar-refractivity contribution in [3.63, 3.8) is 0 Å². The zero-order valence-corrected chi connectivity index (χ0v) is 12.9. The molecule has 2 aromatic rings. The highest BCUT2D eigenvalue weighted by Crippen LogP contribution is 2.16. The van der Waals surface area contributed by atoms with Gasteiger partial charge in [0, 0.05) is 36.9 Å². The number of likely N-dealkylation sites (N-methyl/N-ethyl adjacent to an activating group) is 1. The van der Waals surface area contributed by atoms with Gasteiger partial charge in [-0.05, 0) is 24.6 Å². The number of aromatic nitrogens is 2. The van der Waals surface area contributed by atoms with Crippen molar-refractivity contribution in [1.82, 2.24) is 14.7 Å². The lowest BCUT2D eigenvalue weighted by molar-refractivity contribution is -0.133. The van der Waals surface area contributed by atoms with E-state index in [0.717, 1.165) is 5.56 Å². The Morgan fingerprint density at radius 2 is 2.29 bits per heavy atom. The van der Waals surface area contributed by atoms with Crippen molar-refractivity contribution in [1.29, 1.82) is 0 Å². The summed E-state index contributed by atoms with van der Waals surface area (Å²) in [6.45, 7) is 3.00. The minimum absolute atomic E-state index is 0.120. The quantitative estimate of drug-likeness (QED) is 0.920. The highest BCUT2D eigenvalue weighted by molar-refractivity contribution is 6.30. The van der Waals surface area contributed by atoms with E-state index in [2.05, 4.69) is 5.10 Å². The summed E-state index contributed by atoms with van der Waals surface area (Å²) in [5, 5.41) is 4.71. The number of rotatable bonds is 5. The van der Waals surface area contributed by atoms with Crippen LogP contribution in [0.5, 0.6) is 0 Å². The van der Waals surface area contributed by atoms with Crippen LogP contribution >= 0.6 is 11.6 Å². The molecular weight excluding hydrogens is 288 g/mol. The van der Waals surface area contributed by atoms with Gasteiger partial charge in [0.1, 0.15) is 6.04 Å². The van der Waals surface area contributed by atoms with Crippen molar-refractivity contribution in [2.45, 2.75) is 19.5 Å². The molecule has 0 bridgehead atoms. The van der Waals surface area contributed by atoms with Gasteiger partial charge in [-0.15, -0.1) is 0 Å². The van der Waals surface area contributed by atoms with Crippen molar-refractivity contribution in [2.75, 3.05) is 6.54 Å². The number of amides is 1. The second-order valence-electron chi connectivity index (χ2n) is 4.91. The predicted molar refractivity (Wildman–Crippen MR) is 82.7 cm³/mol. The van der Waals surface area contributed by atoms with Crippen LogP contribution in [0.4, 0.5) is 0 Å². The molecule has 1 aromatic heterocycles. The van der Waals surface area contributed by atoms with Crippen molar-refractivity contribution in [2.24, 2.45) is 12.8 Å². The van der Waals surface area contributed by atoms with E-state index in [4.69, 9.17) is 17.3 Å². The summed E-state index contributed by atoms with van der Waals surface area (Å²) >= 11 is 5.97. The lowest BCUT2D eigenvalue weighted by Crippen LogP contribution is -2.37. The maximum Gasteiger partial charge on any atom is 0.244 e. The van der Waals surface area contributed by atoms with Gasteiger partial charge in [0.15, 0.2) is 0 Å². The summed E-state index contributed by atoms with van der Waals surface area (Å²) in [6, 6.07) is 6.78. The molecule has 0 aliphatic heterocycles. The average molecular weight is 307 g/mol. The second-order valence-corrected chi connectivity index (χ2v) is 5.34. The summed E-state index contributed by atoms with van der Waals surface area (Å²) in [5.41, 5.74) is 7.74. The standard InChI is InChI=1S/C15H19ClN4O/c1-3-20(9-11-5-4-6-13(16)7-11)15(21)14(17)12-8-18-19(2)10-12/h4-8,10,14H,3,9,17H2,1-2H3. The van der Waals surface area contributed by atoms with Gasteiger partial charge in [0.25, 0.3) is 0 Å². The van der Waals surface area contributed by atoms with Gasteiger partial charge >= 0.3 is 0 Å². The van der Waals surface area contributed by atoms with Crippen molar-refractivity contribution in [3.05, 3.63) is 52.8 Å². The molecule has 1 aromatic carbocycles. The molecule has 2 rings (SSSR count). The van der Waals surface area contributed by atoms with E-state index in [-0.39, 0.29) is 5.91 Å². The molecule has 0 saturated carbocycles. The van der Waals surface area contributed by atoms with Crippen LogP contribution in [0.1, 0.15) is 24.1 Å². The molecule has 1 atom stereocenters.